The van der Waals surface area contributed by atoms with Crippen LogP contribution in [0.15, 0.2) is 47.5 Å². The number of imidazole rings is 1. The van der Waals surface area contributed by atoms with E-state index in [2.05, 4.69) is 30.2 Å². The van der Waals surface area contributed by atoms with E-state index >= 15 is 0 Å². The average Bonchev–Trinajstić information content (AvgIpc) is 3.16. The number of nitrogens with zero attached hydrogens (tertiary/aromatic N) is 5. The zero-order valence-corrected chi connectivity index (χ0v) is 11.4. The van der Waals surface area contributed by atoms with E-state index in [1.165, 1.54) is 4.68 Å². The van der Waals surface area contributed by atoms with E-state index in [4.69, 9.17) is 0 Å². The Balaban J connectivity index is 1.88. The van der Waals surface area contributed by atoms with Crippen molar-refractivity contribution >= 4 is 11.2 Å². The maximum atomic E-state index is 11.6. The molecule has 0 bridgehead atoms. The highest BCUT2D eigenvalue weighted by molar-refractivity contribution is 5.77. The summed E-state index contributed by atoms with van der Waals surface area (Å²) in [6, 6.07) is 9.89. The molecule has 0 aliphatic rings. The summed E-state index contributed by atoms with van der Waals surface area (Å²) < 4.78 is 1.50. The van der Waals surface area contributed by atoms with Crippen LogP contribution in [0, 0.1) is 0 Å². The molecule has 0 aliphatic carbocycles. The molecular formula is C14H11N7O. The summed E-state index contributed by atoms with van der Waals surface area (Å²) in [6.07, 6.45) is 3.78. The first-order valence-electron chi connectivity index (χ1n) is 6.69. The molecule has 4 aromatic rings. The lowest BCUT2D eigenvalue weighted by Gasteiger charge is -2.05. The van der Waals surface area contributed by atoms with Crippen LogP contribution < -0.4 is 5.69 Å². The van der Waals surface area contributed by atoms with Gasteiger partial charge in [-0.05, 0) is 5.56 Å². The number of benzene rings is 1. The SMILES string of the molecule is O=c1[nH]c2nc(Cc3ccccc3)nc(-n3ccnn3)c2[nH]1. The molecule has 0 saturated carbocycles. The van der Waals surface area contributed by atoms with Gasteiger partial charge in [-0.1, -0.05) is 35.5 Å². The quantitative estimate of drug-likeness (QED) is 0.581. The predicted octanol–water partition coefficient (Wildman–Crippen LogP) is 0.818. The molecule has 0 unspecified atom stereocenters. The Hall–Kier alpha value is -3.29. The van der Waals surface area contributed by atoms with Gasteiger partial charge in [-0.2, -0.15) is 0 Å². The molecule has 3 heterocycles. The molecule has 4 rings (SSSR count). The third-order valence-electron chi connectivity index (χ3n) is 3.25. The molecule has 8 nitrogen and oxygen atoms in total. The maximum absolute atomic E-state index is 11.6. The van der Waals surface area contributed by atoms with Gasteiger partial charge in [0.1, 0.15) is 11.3 Å². The first-order valence-corrected chi connectivity index (χ1v) is 6.69. The summed E-state index contributed by atoms with van der Waals surface area (Å²) in [5.74, 6) is 1.09. The van der Waals surface area contributed by atoms with Gasteiger partial charge in [-0.25, -0.2) is 19.4 Å². The largest absolute Gasteiger partial charge is 0.325 e. The van der Waals surface area contributed by atoms with Gasteiger partial charge in [0.15, 0.2) is 11.5 Å². The minimum absolute atomic E-state index is 0.331. The molecule has 8 heteroatoms. The third kappa shape index (κ3) is 2.16. The highest BCUT2D eigenvalue weighted by atomic mass is 16.1. The van der Waals surface area contributed by atoms with Gasteiger partial charge in [0.25, 0.3) is 0 Å². The van der Waals surface area contributed by atoms with Crippen molar-refractivity contribution in [3.8, 4) is 5.82 Å². The minimum atomic E-state index is -0.331. The van der Waals surface area contributed by atoms with Gasteiger partial charge < -0.3 is 4.98 Å². The summed E-state index contributed by atoms with van der Waals surface area (Å²) in [4.78, 5) is 25.8. The van der Waals surface area contributed by atoms with Crippen LogP contribution in [0.5, 0.6) is 0 Å². The third-order valence-corrected chi connectivity index (χ3v) is 3.25. The van der Waals surface area contributed by atoms with Crippen molar-refractivity contribution in [2.75, 3.05) is 0 Å². The zero-order chi connectivity index (χ0) is 14.9. The molecule has 0 radical (unpaired) electrons. The van der Waals surface area contributed by atoms with E-state index in [-0.39, 0.29) is 5.69 Å². The van der Waals surface area contributed by atoms with E-state index in [1.807, 2.05) is 30.3 Å². The van der Waals surface area contributed by atoms with E-state index in [1.54, 1.807) is 12.4 Å². The number of fused-ring (bicyclic) bond motifs is 1. The van der Waals surface area contributed by atoms with Crippen LogP contribution in [0.25, 0.3) is 17.0 Å². The fourth-order valence-corrected chi connectivity index (χ4v) is 2.30. The molecule has 1 aromatic carbocycles. The van der Waals surface area contributed by atoms with Gasteiger partial charge in [-0.15, -0.1) is 5.10 Å². The number of aromatic amines is 2. The van der Waals surface area contributed by atoms with Crippen molar-refractivity contribution in [3.05, 3.63) is 64.6 Å². The molecule has 22 heavy (non-hydrogen) atoms. The predicted molar refractivity (Wildman–Crippen MR) is 78.7 cm³/mol. The molecular weight excluding hydrogens is 282 g/mol. The number of hydrogen-bond acceptors (Lipinski definition) is 5. The van der Waals surface area contributed by atoms with Crippen LogP contribution in [0.3, 0.4) is 0 Å². The van der Waals surface area contributed by atoms with E-state index < -0.39 is 0 Å². The van der Waals surface area contributed by atoms with Crippen LogP contribution in [-0.2, 0) is 6.42 Å². The van der Waals surface area contributed by atoms with Gasteiger partial charge in [0, 0.05) is 6.42 Å². The Labute approximate surface area is 123 Å². The van der Waals surface area contributed by atoms with Crippen molar-refractivity contribution in [1.29, 1.82) is 0 Å². The topological polar surface area (TPSA) is 105 Å². The molecule has 0 amide bonds. The second-order valence-corrected chi connectivity index (χ2v) is 4.78. The highest BCUT2D eigenvalue weighted by Gasteiger charge is 2.13. The smallest absolute Gasteiger partial charge is 0.301 e. The lowest BCUT2D eigenvalue weighted by atomic mass is 10.1. The molecule has 0 saturated heterocycles. The molecule has 0 atom stereocenters. The van der Waals surface area contributed by atoms with Gasteiger partial charge in [-0.3, -0.25) is 4.98 Å². The summed E-state index contributed by atoms with van der Waals surface area (Å²) >= 11 is 0. The van der Waals surface area contributed by atoms with Gasteiger partial charge >= 0.3 is 5.69 Å². The molecule has 108 valence electrons. The number of H-pyrrole nitrogens is 2. The van der Waals surface area contributed by atoms with Crippen LogP contribution >= 0.6 is 0 Å². The van der Waals surface area contributed by atoms with Gasteiger partial charge in [0.2, 0.25) is 0 Å². The Morgan fingerprint density at radius 3 is 2.73 bits per heavy atom. The summed E-state index contributed by atoms with van der Waals surface area (Å²) in [5.41, 5.74) is 1.72. The van der Waals surface area contributed by atoms with Crippen molar-refractivity contribution in [3.63, 3.8) is 0 Å². The number of rotatable bonds is 3. The second-order valence-electron chi connectivity index (χ2n) is 4.78. The van der Waals surface area contributed by atoms with Crippen molar-refractivity contribution in [1.82, 2.24) is 34.9 Å². The molecule has 0 spiro atoms. The summed E-state index contributed by atoms with van der Waals surface area (Å²) in [6.45, 7) is 0. The van der Waals surface area contributed by atoms with Crippen LogP contribution in [0.1, 0.15) is 11.4 Å². The standard InChI is InChI=1S/C14H11N7O/c22-14-18-11-12(19-14)16-10(8-9-4-2-1-3-5-9)17-13(11)21-7-6-15-20-21/h1-7H,8H2,(H2,16,17,18,19,22). The van der Waals surface area contributed by atoms with E-state index in [0.29, 0.717) is 29.2 Å². The zero-order valence-electron chi connectivity index (χ0n) is 11.4. The second kappa shape index (κ2) is 4.92. The number of hydrogen-bond donors (Lipinski definition) is 2. The maximum Gasteiger partial charge on any atom is 0.325 e. The molecule has 3 aromatic heterocycles. The fraction of sp³-hybridized carbons (Fsp3) is 0.0714. The highest BCUT2D eigenvalue weighted by Crippen LogP contribution is 2.15. The minimum Gasteiger partial charge on any atom is -0.301 e. The molecule has 0 aliphatic heterocycles. The van der Waals surface area contributed by atoms with Crippen LogP contribution in [0.4, 0.5) is 0 Å². The Bertz CT molecular complexity index is 970. The van der Waals surface area contributed by atoms with Crippen LogP contribution in [0.2, 0.25) is 0 Å². The van der Waals surface area contributed by atoms with Gasteiger partial charge in [0.05, 0.1) is 12.4 Å². The van der Waals surface area contributed by atoms with E-state index in [9.17, 15) is 4.79 Å². The molecule has 2 N–H and O–H groups in total. The Kier molecular flexibility index (Phi) is 2.78. The normalized spacial score (nSPS) is 11.1. The fourth-order valence-electron chi connectivity index (χ4n) is 2.30. The van der Waals surface area contributed by atoms with E-state index in [0.717, 1.165) is 5.56 Å². The number of nitrogens with one attached hydrogen (secondary N) is 2. The lowest BCUT2D eigenvalue weighted by Crippen LogP contribution is -2.06. The number of aromatic nitrogens is 7. The van der Waals surface area contributed by atoms with Crippen molar-refractivity contribution in [2.24, 2.45) is 0 Å². The Morgan fingerprint density at radius 2 is 1.95 bits per heavy atom. The monoisotopic (exact) mass is 293 g/mol. The first-order chi connectivity index (χ1) is 10.8. The average molecular weight is 293 g/mol. The Morgan fingerprint density at radius 1 is 1.09 bits per heavy atom. The first kappa shape index (κ1) is 12.5. The van der Waals surface area contributed by atoms with Crippen molar-refractivity contribution in [2.45, 2.75) is 6.42 Å². The molecule has 0 fully saturated rings. The van der Waals surface area contributed by atoms with Crippen molar-refractivity contribution < 1.29 is 0 Å². The summed E-state index contributed by atoms with van der Waals surface area (Å²) in [7, 11) is 0. The van der Waals surface area contributed by atoms with Crippen LogP contribution in [-0.4, -0.2) is 34.9 Å². The summed E-state index contributed by atoms with van der Waals surface area (Å²) in [5, 5.41) is 7.71. The lowest BCUT2D eigenvalue weighted by molar-refractivity contribution is 0.774.